The summed E-state index contributed by atoms with van der Waals surface area (Å²) in [6.45, 7) is 4.81. The maximum atomic E-state index is 13.1. The lowest BCUT2D eigenvalue weighted by Crippen LogP contribution is -2.46. The van der Waals surface area contributed by atoms with E-state index < -0.39 is 0 Å². The van der Waals surface area contributed by atoms with Crippen molar-refractivity contribution in [1.29, 1.82) is 0 Å². The smallest absolute Gasteiger partial charge is 0.237 e. The number of amides is 1. The van der Waals surface area contributed by atoms with E-state index in [-0.39, 0.29) is 23.8 Å². The van der Waals surface area contributed by atoms with Gasteiger partial charge in [0.25, 0.3) is 0 Å². The number of nitrogens with zero attached hydrogens (tertiary/aromatic N) is 1. The first-order valence-corrected chi connectivity index (χ1v) is 10.3. The van der Waals surface area contributed by atoms with Gasteiger partial charge in [0, 0.05) is 36.7 Å². The molecule has 3 aromatic rings. The molecule has 0 fully saturated rings. The zero-order valence-corrected chi connectivity index (χ0v) is 17.2. The fourth-order valence-corrected chi connectivity index (χ4v) is 4.38. The molecule has 0 spiro atoms. The van der Waals surface area contributed by atoms with Crippen molar-refractivity contribution >= 4 is 16.8 Å². The van der Waals surface area contributed by atoms with Crippen LogP contribution in [0.5, 0.6) is 0 Å². The number of carbonyl (C=O) groups excluding carboxylic acids is 1. The zero-order valence-electron chi connectivity index (χ0n) is 17.2. The molecule has 29 heavy (non-hydrogen) atoms. The van der Waals surface area contributed by atoms with Crippen molar-refractivity contribution < 1.29 is 9.18 Å². The SMILES string of the molecule is CC(C)C[C@@H]1N[C@H](C(=O)NCc2ccc(F)cc2)Cc2cn(C)c3cccc1c23. The molecule has 1 aliphatic heterocycles. The molecule has 0 radical (unpaired) electrons. The quantitative estimate of drug-likeness (QED) is 0.681. The van der Waals surface area contributed by atoms with E-state index in [1.54, 1.807) is 12.1 Å². The van der Waals surface area contributed by atoms with Crippen LogP contribution in [0.2, 0.25) is 0 Å². The van der Waals surface area contributed by atoms with Gasteiger partial charge in [0.05, 0.1) is 6.04 Å². The predicted octanol–water partition coefficient (Wildman–Crippen LogP) is 4.24. The number of halogens is 1. The van der Waals surface area contributed by atoms with Crippen molar-refractivity contribution in [3.05, 3.63) is 71.2 Å². The summed E-state index contributed by atoms with van der Waals surface area (Å²) in [5.41, 5.74) is 4.58. The van der Waals surface area contributed by atoms with E-state index in [0.717, 1.165) is 12.0 Å². The molecule has 1 amide bonds. The first-order chi connectivity index (χ1) is 13.9. The van der Waals surface area contributed by atoms with E-state index >= 15 is 0 Å². The molecule has 1 aromatic heterocycles. The number of carbonyl (C=O) groups is 1. The number of hydrogen-bond donors (Lipinski definition) is 2. The number of aromatic nitrogens is 1. The third kappa shape index (κ3) is 4.06. The van der Waals surface area contributed by atoms with E-state index in [9.17, 15) is 9.18 Å². The van der Waals surface area contributed by atoms with Gasteiger partial charge in [-0.15, -0.1) is 0 Å². The highest BCUT2D eigenvalue weighted by molar-refractivity contribution is 5.90. The van der Waals surface area contributed by atoms with Crippen molar-refractivity contribution in [1.82, 2.24) is 15.2 Å². The lowest BCUT2D eigenvalue weighted by molar-refractivity contribution is -0.123. The van der Waals surface area contributed by atoms with E-state index in [4.69, 9.17) is 0 Å². The Morgan fingerprint density at radius 2 is 2.00 bits per heavy atom. The van der Waals surface area contributed by atoms with Crippen LogP contribution in [-0.2, 0) is 24.8 Å². The summed E-state index contributed by atoms with van der Waals surface area (Å²) in [6.07, 6.45) is 3.77. The summed E-state index contributed by atoms with van der Waals surface area (Å²) in [5.74, 6) is 0.219. The molecule has 2 N–H and O–H groups in total. The van der Waals surface area contributed by atoms with Crippen molar-refractivity contribution in [2.24, 2.45) is 13.0 Å². The summed E-state index contributed by atoms with van der Waals surface area (Å²) in [4.78, 5) is 13.0. The third-order valence-electron chi connectivity index (χ3n) is 5.73. The molecule has 2 aromatic carbocycles. The van der Waals surface area contributed by atoms with E-state index in [0.29, 0.717) is 18.9 Å². The monoisotopic (exact) mass is 393 g/mol. The molecular weight excluding hydrogens is 365 g/mol. The molecule has 152 valence electrons. The van der Waals surface area contributed by atoms with Gasteiger partial charge in [0.15, 0.2) is 0 Å². The minimum Gasteiger partial charge on any atom is -0.351 e. The Kier molecular flexibility index (Phi) is 5.41. The molecule has 0 bridgehead atoms. The molecule has 2 atom stereocenters. The van der Waals surface area contributed by atoms with Gasteiger partial charge >= 0.3 is 0 Å². The van der Waals surface area contributed by atoms with Gasteiger partial charge in [0.1, 0.15) is 5.82 Å². The fraction of sp³-hybridized carbons (Fsp3) is 0.375. The number of hydrogen-bond acceptors (Lipinski definition) is 2. The molecule has 0 unspecified atom stereocenters. The second-order valence-corrected chi connectivity index (χ2v) is 8.46. The maximum absolute atomic E-state index is 13.1. The minimum absolute atomic E-state index is 0.0205. The van der Waals surface area contributed by atoms with Crippen LogP contribution in [-0.4, -0.2) is 16.5 Å². The highest BCUT2D eigenvalue weighted by atomic mass is 19.1. The van der Waals surface area contributed by atoms with Crippen LogP contribution < -0.4 is 10.6 Å². The molecule has 0 aliphatic carbocycles. The van der Waals surface area contributed by atoms with E-state index in [1.165, 1.54) is 34.2 Å². The summed E-state index contributed by atoms with van der Waals surface area (Å²) >= 11 is 0. The Morgan fingerprint density at radius 3 is 2.72 bits per heavy atom. The van der Waals surface area contributed by atoms with Crippen LogP contribution in [0.3, 0.4) is 0 Å². The Balaban J connectivity index is 1.60. The first-order valence-electron chi connectivity index (χ1n) is 10.3. The Bertz CT molecular complexity index is 1020. The lowest BCUT2D eigenvalue weighted by atomic mass is 9.94. The van der Waals surface area contributed by atoms with Gasteiger partial charge in [-0.1, -0.05) is 38.1 Å². The molecule has 2 heterocycles. The molecule has 0 saturated carbocycles. The van der Waals surface area contributed by atoms with E-state index in [1.807, 2.05) is 0 Å². The number of nitrogens with one attached hydrogen (secondary N) is 2. The van der Waals surface area contributed by atoms with Crippen molar-refractivity contribution in [3.8, 4) is 0 Å². The number of aryl methyl sites for hydroxylation is 1. The maximum Gasteiger partial charge on any atom is 0.237 e. The molecule has 4 nitrogen and oxygen atoms in total. The normalized spacial score (nSPS) is 18.8. The van der Waals surface area contributed by atoms with Gasteiger partial charge in [-0.05, 0) is 53.6 Å². The lowest BCUT2D eigenvalue weighted by Gasteiger charge is -2.25. The van der Waals surface area contributed by atoms with Crippen molar-refractivity contribution in [2.45, 2.75) is 45.3 Å². The average molecular weight is 394 g/mol. The molecule has 4 rings (SSSR count). The highest BCUT2D eigenvalue weighted by Crippen LogP contribution is 2.35. The van der Waals surface area contributed by atoms with Crippen molar-refractivity contribution in [3.63, 3.8) is 0 Å². The van der Waals surface area contributed by atoms with Crippen LogP contribution in [0, 0.1) is 11.7 Å². The van der Waals surface area contributed by atoms with Crippen LogP contribution in [0.25, 0.3) is 10.9 Å². The minimum atomic E-state index is -0.308. The van der Waals surface area contributed by atoms with Crippen molar-refractivity contribution in [2.75, 3.05) is 0 Å². The largest absolute Gasteiger partial charge is 0.351 e. The van der Waals surface area contributed by atoms with Crippen LogP contribution in [0.4, 0.5) is 4.39 Å². The predicted molar refractivity (Wildman–Crippen MR) is 114 cm³/mol. The van der Waals surface area contributed by atoms with Crippen LogP contribution in [0.1, 0.15) is 43.0 Å². The Morgan fingerprint density at radius 1 is 1.24 bits per heavy atom. The number of rotatable bonds is 5. The van der Waals surface area contributed by atoms with E-state index in [2.05, 4.69) is 60.5 Å². The Labute approximate surface area is 171 Å². The highest BCUT2D eigenvalue weighted by Gasteiger charge is 2.30. The molecule has 5 heteroatoms. The Hall–Kier alpha value is -2.66. The molecule has 1 aliphatic rings. The second-order valence-electron chi connectivity index (χ2n) is 8.46. The fourth-order valence-electron chi connectivity index (χ4n) is 4.38. The van der Waals surface area contributed by atoms with Crippen LogP contribution in [0.15, 0.2) is 48.7 Å². The molecular formula is C24H28FN3O. The van der Waals surface area contributed by atoms with Crippen LogP contribution >= 0.6 is 0 Å². The standard InChI is InChI=1S/C24H28FN3O/c1-15(2)11-20-19-5-4-6-22-23(19)17(14-28(22)3)12-21(27-20)24(29)26-13-16-7-9-18(25)10-8-16/h4-10,14-15,20-21,27H,11-13H2,1-3H3,(H,26,29)/t20-,21-/m0/s1. The first kappa shape index (κ1) is 19.6. The zero-order chi connectivity index (χ0) is 20.5. The average Bonchev–Trinajstić information content (AvgIpc) is 2.92. The van der Waals surface area contributed by atoms with Gasteiger partial charge in [-0.25, -0.2) is 4.39 Å². The summed E-state index contributed by atoms with van der Waals surface area (Å²) in [6, 6.07) is 12.5. The second kappa shape index (κ2) is 7.99. The molecule has 0 saturated heterocycles. The summed E-state index contributed by atoms with van der Waals surface area (Å²) < 4.78 is 15.3. The summed E-state index contributed by atoms with van der Waals surface area (Å²) in [5, 5.41) is 7.93. The van der Waals surface area contributed by atoms with Gasteiger partial charge < -0.3 is 9.88 Å². The third-order valence-corrected chi connectivity index (χ3v) is 5.73. The number of benzene rings is 2. The van der Waals surface area contributed by atoms with Gasteiger partial charge in [-0.3, -0.25) is 10.1 Å². The van der Waals surface area contributed by atoms with Gasteiger partial charge in [-0.2, -0.15) is 0 Å². The summed E-state index contributed by atoms with van der Waals surface area (Å²) in [7, 11) is 2.06. The topological polar surface area (TPSA) is 46.1 Å². The van der Waals surface area contributed by atoms with Gasteiger partial charge in [0.2, 0.25) is 5.91 Å².